The topological polar surface area (TPSA) is 26.0 Å². The Morgan fingerprint density at radius 1 is 1.50 bits per heavy atom. The smallest absolute Gasteiger partial charge is 0.0355 e. The Balaban J connectivity index is 2.79. The Morgan fingerprint density at radius 2 is 2.19 bits per heavy atom. The quantitative estimate of drug-likeness (QED) is 0.572. The molecule has 1 atom stereocenters. The third kappa shape index (κ3) is 3.27. The minimum absolute atomic E-state index is 0.482. The third-order valence-electron chi connectivity index (χ3n) is 2.88. The van der Waals surface area contributed by atoms with Gasteiger partial charge in [-0.3, -0.25) is 0 Å². The molecule has 2 N–H and O–H groups in total. The van der Waals surface area contributed by atoms with Crippen molar-refractivity contribution < 1.29 is 0 Å². The van der Waals surface area contributed by atoms with Crippen LogP contribution in [0.25, 0.3) is 6.08 Å². The van der Waals surface area contributed by atoms with E-state index < -0.39 is 0 Å². The summed E-state index contributed by atoms with van der Waals surface area (Å²) >= 11 is 0. The van der Waals surface area contributed by atoms with Crippen LogP contribution in [-0.4, -0.2) is 0 Å². The minimum atomic E-state index is 0.482. The van der Waals surface area contributed by atoms with Crippen LogP contribution in [-0.2, 0) is 0 Å². The van der Waals surface area contributed by atoms with E-state index in [4.69, 9.17) is 5.73 Å². The highest BCUT2D eigenvalue weighted by atomic mass is 14.6. The molecule has 1 unspecified atom stereocenters. The highest BCUT2D eigenvalue weighted by molar-refractivity contribution is 5.58. The molecule has 1 nitrogen and oxygen atoms in total. The molecule has 0 aliphatic heterocycles. The fraction of sp³-hybridized carbons (Fsp3) is 0.333. The van der Waals surface area contributed by atoms with Gasteiger partial charge in [0.15, 0.2) is 0 Å². The van der Waals surface area contributed by atoms with E-state index >= 15 is 0 Å². The molecule has 0 radical (unpaired) electrons. The zero-order valence-electron chi connectivity index (χ0n) is 10.3. The lowest BCUT2D eigenvalue weighted by Crippen LogP contribution is -2.00. The summed E-state index contributed by atoms with van der Waals surface area (Å²) in [5, 5.41) is 0. The monoisotopic (exact) mass is 215 g/mol. The van der Waals surface area contributed by atoms with E-state index in [1.807, 2.05) is 12.1 Å². The highest BCUT2D eigenvalue weighted by Crippen LogP contribution is 2.28. The van der Waals surface area contributed by atoms with E-state index in [0.29, 0.717) is 5.92 Å². The standard InChI is InChI=1S/C15H21N/c1-5-13-8-9-14(15(16)10-13)12(4)7-6-11(2)3/h5,8-10,12H,1-2,6-7,16H2,3-4H3. The van der Waals surface area contributed by atoms with Crippen LogP contribution in [0.2, 0.25) is 0 Å². The molecule has 0 saturated carbocycles. The average Bonchev–Trinajstić information content (AvgIpc) is 2.25. The molecule has 0 amide bonds. The van der Waals surface area contributed by atoms with Gasteiger partial charge < -0.3 is 5.73 Å². The van der Waals surface area contributed by atoms with Crippen molar-refractivity contribution in [2.75, 3.05) is 5.73 Å². The number of hydrogen-bond donors (Lipinski definition) is 1. The van der Waals surface area contributed by atoms with Crippen LogP contribution >= 0.6 is 0 Å². The number of anilines is 1. The van der Waals surface area contributed by atoms with Crippen LogP contribution in [0, 0.1) is 0 Å². The highest BCUT2D eigenvalue weighted by Gasteiger charge is 2.08. The predicted molar refractivity (Wildman–Crippen MR) is 73.4 cm³/mol. The summed E-state index contributed by atoms with van der Waals surface area (Å²) < 4.78 is 0. The first-order valence-electron chi connectivity index (χ1n) is 5.71. The first-order chi connectivity index (χ1) is 7.54. The number of nitrogen functional groups attached to an aromatic ring is 1. The lowest BCUT2D eigenvalue weighted by Gasteiger charge is -2.14. The molecule has 86 valence electrons. The summed E-state index contributed by atoms with van der Waals surface area (Å²) in [5.74, 6) is 0.482. The fourth-order valence-electron chi connectivity index (χ4n) is 1.79. The normalized spacial score (nSPS) is 12.1. The molecule has 1 rings (SSSR count). The summed E-state index contributed by atoms with van der Waals surface area (Å²) in [6.07, 6.45) is 3.98. The van der Waals surface area contributed by atoms with Crippen LogP contribution in [0.15, 0.2) is 36.9 Å². The van der Waals surface area contributed by atoms with Crippen LogP contribution in [0.3, 0.4) is 0 Å². The van der Waals surface area contributed by atoms with Crippen molar-refractivity contribution in [2.45, 2.75) is 32.6 Å². The summed E-state index contributed by atoms with van der Waals surface area (Å²) in [7, 11) is 0. The summed E-state index contributed by atoms with van der Waals surface area (Å²) in [5.41, 5.74) is 10.4. The first-order valence-corrected chi connectivity index (χ1v) is 5.71. The fourth-order valence-corrected chi connectivity index (χ4v) is 1.79. The van der Waals surface area contributed by atoms with Gasteiger partial charge in [0.1, 0.15) is 0 Å². The van der Waals surface area contributed by atoms with Crippen LogP contribution in [0.1, 0.15) is 43.7 Å². The van der Waals surface area contributed by atoms with Crippen molar-refractivity contribution in [3.8, 4) is 0 Å². The Bertz CT molecular complexity index is 390. The maximum Gasteiger partial charge on any atom is 0.0355 e. The van der Waals surface area contributed by atoms with Gasteiger partial charge in [-0.1, -0.05) is 37.3 Å². The Hall–Kier alpha value is -1.50. The van der Waals surface area contributed by atoms with Crippen molar-refractivity contribution in [2.24, 2.45) is 0 Å². The number of nitrogens with two attached hydrogens (primary N) is 1. The van der Waals surface area contributed by atoms with Gasteiger partial charge in [0, 0.05) is 5.69 Å². The summed E-state index contributed by atoms with van der Waals surface area (Å²) in [4.78, 5) is 0. The number of benzene rings is 1. The molecule has 16 heavy (non-hydrogen) atoms. The average molecular weight is 215 g/mol. The Morgan fingerprint density at radius 3 is 2.69 bits per heavy atom. The molecule has 0 bridgehead atoms. The largest absolute Gasteiger partial charge is 0.398 e. The van der Waals surface area contributed by atoms with Gasteiger partial charge in [0.05, 0.1) is 0 Å². The van der Waals surface area contributed by atoms with E-state index in [-0.39, 0.29) is 0 Å². The molecule has 0 spiro atoms. The third-order valence-corrected chi connectivity index (χ3v) is 2.88. The van der Waals surface area contributed by atoms with E-state index in [2.05, 4.69) is 39.1 Å². The summed E-state index contributed by atoms with van der Waals surface area (Å²) in [6.45, 7) is 11.9. The summed E-state index contributed by atoms with van der Waals surface area (Å²) in [6, 6.07) is 6.16. The van der Waals surface area contributed by atoms with Crippen molar-refractivity contribution in [3.63, 3.8) is 0 Å². The van der Waals surface area contributed by atoms with E-state index in [1.165, 1.54) is 11.1 Å². The lowest BCUT2D eigenvalue weighted by molar-refractivity contribution is 0.678. The zero-order chi connectivity index (χ0) is 12.1. The maximum absolute atomic E-state index is 6.03. The van der Waals surface area contributed by atoms with Gasteiger partial charge in [-0.25, -0.2) is 0 Å². The van der Waals surface area contributed by atoms with Gasteiger partial charge in [-0.2, -0.15) is 0 Å². The van der Waals surface area contributed by atoms with Crippen molar-refractivity contribution >= 4 is 11.8 Å². The van der Waals surface area contributed by atoms with Gasteiger partial charge >= 0.3 is 0 Å². The van der Waals surface area contributed by atoms with Gasteiger partial charge in [0.25, 0.3) is 0 Å². The van der Waals surface area contributed by atoms with Gasteiger partial charge in [-0.15, -0.1) is 6.58 Å². The van der Waals surface area contributed by atoms with Crippen LogP contribution in [0.4, 0.5) is 5.69 Å². The second kappa shape index (κ2) is 5.55. The van der Waals surface area contributed by atoms with Crippen molar-refractivity contribution in [1.29, 1.82) is 0 Å². The number of hydrogen-bond acceptors (Lipinski definition) is 1. The molecule has 0 aliphatic carbocycles. The molecular weight excluding hydrogens is 194 g/mol. The Labute approximate surface area is 98.7 Å². The van der Waals surface area contributed by atoms with E-state index in [9.17, 15) is 0 Å². The van der Waals surface area contributed by atoms with E-state index in [1.54, 1.807) is 0 Å². The molecule has 0 fully saturated rings. The molecule has 0 aromatic heterocycles. The van der Waals surface area contributed by atoms with Gasteiger partial charge in [0.2, 0.25) is 0 Å². The molecule has 0 aliphatic rings. The van der Waals surface area contributed by atoms with E-state index in [0.717, 1.165) is 24.1 Å². The molecule has 0 saturated heterocycles. The lowest BCUT2D eigenvalue weighted by atomic mass is 9.92. The van der Waals surface area contributed by atoms with Gasteiger partial charge in [-0.05, 0) is 42.9 Å². The minimum Gasteiger partial charge on any atom is -0.398 e. The number of allylic oxidation sites excluding steroid dienone is 1. The molecular formula is C15H21N. The SMILES string of the molecule is C=Cc1ccc(C(C)CCC(=C)C)c(N)c1. The molecule has 1 aromatic rings. The van der Waals surface area contributed by atoms with Crippen molar-refractivity contribution in [3.05, 3.63) is 48.1 Å². The predicted octanol–water partition coefficient (Wildman–Crippen LogP) is 4.37. The first kappa shape index (κ1) is 12.6. The second-order valence-electron chi connectivity index (χ2n) is 4.49. The Kier molecular flexibility index (Phi) is 4.36. The van der Waals surface area contributed by atoms with Crippen LogP contribution < -0.4 is 5.73 Å². The zero-order valence-corrected chi connectivity index (χ0v) is 10.3. The van der Waals surface area contributed by atoms with Crippen molar-refractivity contribution in [1.82, 2.24) is 0 Å². The maximum atomic E-state index is 6.03. The molecule has 1 aromatic carbocycles. The number of rotatable bonds is 5. The molecule has 0 heterocycles. The van der Waals surface area contributed by atoms with Crippen LogP contribution in [0.5, 0.6) is 0 Å². The molecule has 1 heteroatoms. The second-order valence-corrected chi connectivity index (χ2v) is 4.49.